The van der Waals surface area contributed by atoms with Crippen molar-refractivity contribution in [3.05, 3.63) is 0 Å². The molecule has 0 bridgehead atoms. The van der Waals surface area contributed by atoms with Gasteiger partial charge in [0.1, 0.15) is 5.84 Å². The summed E-state index contributed by atoms with van der Waals surface area (Å²) in [6, 6.07) is 0. The SMILES string of the molecule is CCC(C)(C)N=C(C(C)C)N(C)C. The van der Waals surface area contributed by atoms with E-state index in [0.717, 1.165) is 6.42 Å². The Balaban J connectivity index is 4.73. The second-order valence-electron chi connectivity index (χ2n) is 4.69. The van der Waals surface area contributed by atoms with E-state index in [1.807, 2.05) is 0 Å². The first-order chi connectivity index (χ1) is 5.80. The minimum absolute atomic E-state index is 0.0733. The molecule has 0 fully saturated rings. The van der Waals surface area contributed by atoms with Crippen molar-refractivity contribution in [2.45, 2.75) is 46.6 Å². The first-order valence-electron chi connectivity index (χ1n) is 5.07. The van der Waals surface area contributed by atoms with Crippen molar-refractivity contribution < 1.29 is 0 Å². The smallest absolute Gasteiger partial charge is 0.102 e. The molecule has 2 nitrogen and oxygen atoms in total. The second kappa shape index (κ2) is 4.64. The van der Waals surface area contributed by atoms with Crippen molar-refractivity contribution >= 4 is 5.84 Å². The predicted octanol–water partition coefficient (Wildman–Crippen LogP) is 2.79. The van der Waals surface area contributed by atoms with Crippen LogP contribution in [-0.4, -0.2) is 30.4 Å². The lowest BCUT2D eigenvalue weighted by Crippen LogP contribution is -2.31. The average molecular weight is 184 g/mol. The van der Waals surface area contributed by atoms with Gasteiger partial charge in [-0.05, 0) is 20.3 Å². The Bertz CT molecular complexity index is 169. The molecule has 0 radical (unpaired) electrons. The molecule has 0 aromatic rings. The van der Waals surface area contributed by atoms with Gasteiger partial charge in [-0.1, -0.05) is 20.8 Å². The van der Waals surface area contributed by atoms with Gasteiger partial charge >= 0.3 is 0 Å². The van der Waals surface area contributed by atoms with Crippen LogP contribution in [0.4, 0.5) is 0 Å². The highest BCUT2D eigenvalue weighted by molar-refractivity contribution is 5.84. The molecule has 0 saturated carbocycles. The molecular weight excluding hydrogens is 160 g/mol. The van der Waals surface area contributed by atoms with Crippen LogP contribution >= 0.6 is 0 Å². The quantitative estimate of drug-likeness (QED) is 0.486. The first kappa shape index (κ1) is 12.5. The summed E-state index contributed by atoms with van der Waals surface area (Å²) in [7, 11) is 4.12. The van der Waals surface area contributed by atoms with Gasteiger partial charge in [-0.3, -0.25) is 4.99 Å². The minimum atomic E-state index is 0.0733. The largest absolute Gasteiger partial charge is 0.366 e. The Morgan fingerprint density at radius 3 is 2.00 bits per heavy atom. The van der Waals surface area contributed by atoms with Crippen molar-refractivity contribution in [3.8, 4) is 0 Å². The van der Waals surface area contributed by atoms with Crippen molar-refractivity contribution in [3.63, 3.8) is 0 Å². The zero-order chi connectivity index (χ0) is 10.6. The zero-order valence-corrected chi connectivity index (χ0v) is 10.2. The molecule has 0 saturated heterocycles. The highest BCUT2D eigenvalue weighted by atomic mass is 15.2. The summed E-state index contributed by atoms with van der Waals surface area (Å²) >= 11 is 0. The fourth-order valence-electron chi connectivity index (χ4n) is 1.13. The molecule has 0 unspecified atom stereocenters. The molecule has 0 aliphatic carbocycles. The highest BCUT2D eigenvalue weighted by Gasteiger charge is 2.17. The molecule has 0 aliphatic rings. The van der Waals surface area contributed by atoms with Gasteiger partial charge in [0.15, 0.2) is 0 Å². The van der Waals surface area contributed by atoms with Gasteiger partial charge in [0.25, 0.3) is 0 Å². The van der Waals surface area contributed by atoms with Crippen molar-refractivity contribution in [2.24, 2.45) is 10.9 Å². The maximum atomic E-state index is 4.77. The van der Waals surface area contributed by atoms with Gasteiger partial charge in [0.05, 0.1) is 5.54 Å². The lowest BCUT2D eigenvalue weighted by molar-refractivity contribution is 0.475. The maximum absolute atomic E-state index is 4.77. The van der Waals surface area contributed by atoms with Gasteiger partial charge in [-0.25, -0.2) is 0 Å². The Labute approximate surface area is 83.0 Å². The van der Waals surface area contributed by atoms with Crippen LogP contribution in [0.2, 0.25) is 0 Å². The lowest BCUT2D eigenvalue weighted by atomic mass is 10.0. The zero-order valence-electron chi connectivity index (χ0n) is 10.2. The van der Waals surface area contributed by atoms with Gasteiger partial charge in [0.2, 0.25) is 0 Å². The maximum Gasteiger partial charge on any atom is 0.102 e. The molecule has 0 N–H and O–H groups in total. The predicted molar refractivity (Wildman–Crippen MR) is 60.3 cm³/mol. The first-order valence-corrected chi connectivity index (χ1v) is 5.07. The van der Waals surface area contributed by atoms with Crippen molar-refractivity contribution in [1.82, 2.24) is 4.90 Å². The van der Waals surface area contributed by atoms with Crippen LogP contribution < -0.4 is 0 Å². The van der Waals surface area contributed by atoms with E-state index in [1.54, 1.807) is 0 Å². The van der Waals surface area contributed by atoms with E-state index in [1.165, 1.54) is 5.84 Å². The normalized spacial score (nSPS) is 13.7. The van der Waals surface area contributed by atoms with E-state index in [0.29, 0.717) is 5.92 Å². The number of rotatable bonds is 3. The fraction of sp³-hybridized carbons (Fsp3) is 0.909. The monoisotopic (exact) mass is 184 g/mol. The Morgan fingerprint density at radius 2 is 1.77 bits per heavy atom. The summed E-state index contributed by atoms with van der Waals surface area (Å²) in [5.41, 5.74) is 0.0733. The van der Waals surface area contributed by atoms with Gasteiger partial charge in [-0.15, -0.1) is 0 Å². The van der Waals surface area contributed by atoms with Crippen LogP contribution in [0.1, 0.15) is 41.0 Å². The van der Waals surface area contributed by atoms with E-state index < -0.39 is 0 Å². The molecular formula is C11H24N2. The third-order valence-electron chi connectivity index (χ3n) is 2.26. The van der Waals surface area contributed by atoms with Crippen molar-refractivity contribution in [2.75, 3.05) is 14.1 Å². The average Bonchev–Trinajstić information content (AvgIpc) is 1.99. The van der Waals surface area contributed by atoms with Gasteiger partial charge in [-0.2, -0.15) is 0 Å². The molecule has 78 valence electrons. The molecule has 0 spiro atoms. The summed E-state index contributed by atoms with van der Waals surface area (Å²) in [6.07, 6.45) is 1.08. The Hall–Kier alpha value is -0.530. The molecule has 0 amide bonds. The van der Waals surface area contributed by atoms with Gasteiger partial charge < -0.3 is 4.90 Å². The van der Waals surface area contributed by atoms with Crippen molar-refractivity contribution in [1.29, 1.82) is 0 Å². The summed E-state index contributed by atoms with van der Waals surface area (Å²) in [5, 5.41) is 0. The minimum Gasteiger partial charge on any atom is -0.366 e. The van der Waals surface area contributed by atoms with Crippen LogP contribution in [0.25, 0.3) is 0 Å². The lowest BCUT2D eigenvalue weighted by Gasteiger charge is -2.25. The molecule has 0 atom stereocenters. The van der Waals surface area contributed by atoms with Crippen LogP contribution in [0.3, 0.4) is 0 Å². The Kier molecular flexibility index (Phi) is 4.45. The summed E-state index contributed by atoms with van der Waals surface area (Å²) < 4.78 is 0. The van der Waals surface area contributed by atoms with E-state index in [-0.39, 0.29) is 5.54 Å². The second-order valence-corrected chi connectivity index (χ2v) is 4.69. The van der Waals surface area contributed by atoms with E-state index in [9.17, 15) is 0 Å². The number of hydrogen-bond acceptors (Lipinski definition) is 1. The standard InChI is InChI=1S/C11H24N2/c1-8-11(4,5)12-10(9(2)3)13(6)7/h9H,8H2,1-7H3. The van der Waals surface area contributed by atoms with E-state index >= 15 is 0 Å². The van der Waals surface area contributed by atoms with Crippen LogP contribution in [0.15, 0.2) is 4.99 Å². The number of aliphatic imine (C=N–C) groups is 1. The number of nitrogens with zero attached hydrogens (tertiary/aromatic N) is 2. The number of hydrogen-bond donors (Lipinski definition) is 0. The van der Waals surface area contributed by atoms with Crippen LogP contribution in [0, 0.1) is 5.92 Å². The topological polar surface area (TPSA) is 15.6 Å². The highest BCUT2D eigenvalue weighted by Crippen LogP contribution is 2.16. The number of amidine groups is 1. The molecule has 0 heterocycles. The summed E-state index contributed by atoms with van der Waals surface area (Å²) in [6.45, 7) is 10.9. The fourth-order valence-corrected chi connectivity index (χ4v) is 1.13. The molecule has 2 heteroatoms. The molecule has 0 rings (SSSR count). The van der Waals surface area contributed by atoms with Crippen LogP contribution in [-0.2, 0) is 0 Å². The van der Waals surface area contributed by atoms with Gasteiger partial charge in [0, 0.05) is 20.0 Å². The van der Waals surface area contributed by atoms with E-state index in [2.05, 4.69) is 53.6 Å². The molecule has 0 aliphatic heterocycles. The molecule has 0 aromatic heterocycles. The van der Waals surface area contributed by atoms with Crippen LogP contribution in [0.5, 0.6) is 0 Å². The third-order valence-corrected chi connectivity index (χ3v) is 2.26. The molecule has 0 aromatic carbocycles. The third kappa shape index (κ3) is 4.30. The molecule has 13 heavy (non-hydrogen) atoms. The summed E-state index contributed by atoms with van der Waals surface area (Å²) in [5.74, 6) is 1.69. The Morgan fingerprint density at radius 1 is 1.31 bits per heavy atom. The summed E-state index contributed by atoms with van der Waals surface area (Å²) in [4.78, 5) is 6.88. The van der Waals surface area contributed by atoms with E-state index in [4.69, 9.17) is 4.99 Å².